The van der Waals surface area contributed by atoms with Gasteiger partial charge >= 0.3 is 0 Å². The maximum Gasteiger partial charge on any atom is 0.143 e. The van der Waals surface area contributed by atoms with Gasteiger partial charge in [0.05, 0.1) is 17.9 Å². The summed E-state index contributed by atoms with van der Waals surface area (Å²) < 4.78 is 1.92. The molecule has 0 atom stereocenters. The van der Waals surface area contributed by atoms with E-state index in [-0.39, 0.29) is 5.75 Å². The van der Waals surface area contributed by atoms with E-state index in [0.717, 1.165) is 10.9 Å². The summed E-state index contributed by atoms with van der Waals surface area (Å²) in [5.41, 5.74) is 0.949. The highest BCUT2D eigenvalue weighted by molar-refractivity contribution is 5.84. The summed E-state index contributed by atoms with van der Waals surface area (Å²) in [6.07, 6.45) is 5.07. The highest BCUT2D eigenvalue weighted by atomic mass is 16.3. The fraction of sp³-hybridized carbons (Fsp3) is 0.125. The molecule has 1 N–H and O–H groups in total. The fourth-order valence-corrected chi connectivity index (χ4v) is 1.17. The summed E-state index contributed by atoms with van der Waals surface area (Å²) in [5.74, 6) is 0.239. The van der Waals surface area contributed by atoms with Crippen molar-refractivity contribution in [3.63, 3.8) is 0 Å². The van der Waals surface area contributed by atoms with Crippen LogP contribution >= 0.6 is 0 Å². The molecule has 2 rings (SSSR count). The molecular weight excluding hydrogens is 140 g/mol. The molecular formula is C8H8N2O. The van der Waals surface area contributed by atoms with Crippen molar-refractivity contribution in [2.24, 2.45) is 7.05 Å². The molecule has 0 saturated heterocycles. The van der Waals surface area contributed by atoms with E-state index >= 15 is 0 Å². The zero-order valence-electron chi connectivity index (χ0n) is 6.15. The summed E-state index contributed by atoms with van der Waals surface area (Å²) in [5, 5.41) is 10.2. The van der Waals surface area contributed by atoms with Gasteiger partial charge in [-0.3, -0.25) is 4.98 Å². The third kappa shape index (κ3) is 0.774. The van der Waals surface area contributed by atoms with Crippen molar-refractivity contribution in [3.8, 4) is 5.75 Å². The number of aromatic hydroxyl groups is 1. The number of rotatable bonds is 0. The molecule has 56 valence electrons. The van der Waals surface area contributed by atoms with E-state index < -0.39 is 0 Å². The van der Waals surface area contributed by atoms with E-state index in [1.807, 2.05) is 23.9 Å². The maximum atomic E-state index is 9.31. The van der Waals surface area contributed by atoms with Crippen molar-refractivity contribution in [2.45, 2.75) is 0 Å². The lowest BCUT2D eigenvalue weighted by atomic mass is 10.3. The van der Waals surface area contributed by atoms with Gasteiger partial charge in [0.25, 0.3) is 0 Å². The van der Waals surface area contributed by atoms with E-state index in [2.05, 4.69) is 4.98 Å². The Kier molecular flexibility index (Phi) is 1.12. The standard InChI is InChI=1S/C8H8N2O/c1-10-3-2-6-7(10)4-9-5-8(6)11/h2-5,11H,1H3. The van der Waals surface area contributed by atoms with Gasteiger partial charge in [0, 0.05) is 18.6 Å². The Morgan fingerprint density at radius 1 is 1.45 bits per heavy atom. The number of aromatic nitrogens is 2. The molecule has 0 radical (unpaired) electrons. The van der Waals surface area contributed by atoms with Crippen LogP contribution < -0.4 is 0 Å². The minimum atomic E-state index is 0.239. The van der Waals surface area contributed by atoms with Crippen LogP contribution in [0.4, 0.5) is 0 Å². The van der Waals surface area contributed by atoms with Gasteiger partial charge in [0.1, 0.15) is 5.75 Å². The number of nitrogens with zero attached hydrogens (tertiary/aromatic N) is 2. The Morgan fingerprint density at radius 3 is 3.00 bits per heavy atom. The molecule has 0 fully saturated rings. The van der Waals surface area contributed by atoms with Crippen molar-refractivity contribution < 1.29 is 5.11 Å². The molecule has 0 amide bonds. The molecule has 0 aliphatic heterocycles. The Hall–Kier alpha value is -1.51. The molecule has 3 nitrogen and oxygen atoms in total. The molecule has 0 aliphatic rings. The number of pyridine rings is 1. The van der Waals surface area contributed by atoms with Crippen LogP contribution in [0.1, 0.15) is 0 Å². The second-order valence-electron chi connectivity index (χ2n) is 2.52. The highest BCUT2D eigenvalue weighted by Gasteiger charge is 2.00. The molecule has 2 heterocycles. The zero-order chi connectivity index (χ0) is 7.84. The Balaban J connectivity index is 2.94. The first kappa shape index (κ1) is 6.22. The molecule has 3 heteroatoms. The number of fused-ring (bicyclic) bond motifs is 1. The summed E-state index contributed by atoms with van der Waals surface area (Å²) in [4.78, 5) is 3.87. The average Bonchev–Trinajstić information content (AvgIpc) is 2.35. The molecule has 0 bridgehead atoms. The topological polar surface area (TPSA) is 38.0 Å². The van der Waals surface area contributed by atoms with E-state index in [1.54, 1.807) is 6.20 Å². The molecule has 0 aromatic carbocycles. The third-order valence-electron chi connectivity index (χ3n) is 1.79. The van der Waals surface area contributed by atoms with Crippen LogP contribution in [0.3, 0.4) is 0 Å². The van der Waals surface area contributed by atoms with Crippen molar-refractivity contribution in [2.75, 3.05) is 0 Å². The molecule has 0 saturated carbocycles. The van der Waals surface area contributed by atoms with Gasteiger partial charge in [-0.1, -0.05) is 0 Å². The Morgan fingerprint density at radius 2 is 2.27 bits per heavy atom. The molecule has 2 aromatic rings. The normalized spacial score (nSPS) is 10.6. The minimum absolute atomic E-state index is 0.239. The molecule has 0 spiro atoms. The summed E-state index contributed by atoms with van der Waals surface area (Å²) in [6, 6.07) is 1.87. The van der Waals surface area contributed by atoms with Crippen molar-refractivity contribution in [1.29, 1.82) is 0 Å². The Bertz CT molecular complexity index is 392. The van der Waals surface area contributed by atoms with Gasteiger partial charge in [-0.15, -0.1) is 0 Å². The van der Waals surface area contributed by atoms with Crippen LogP contribution in [0.2, 0.25) is 0 Å². The maximum absolute atomic E-state index is 9.31. The molecule has 0 aliphatic carbocycles. The minimum Gasteiger partial charge on any atom is -0.506 e. The number of hydrogen-bond donors (Lipinski definition) is 1. The average molecular weight is 148 g/mol. The summed E-state index contributed by atoms with van der Waals surface area (Å²) in [6.45, 7) is 0. The van der Waals surface area contributed by atoms with Crippen LogP contribution in [0, 0.1) is 0 Å². The largest absolute Gasteiger partial charge is 0.506 e. The molecule has 0 unspecified atom stereocenters. The van der Waals surface area contributed by atoms with Crippen LogP contribution in [0.15, 0.2) is 24.7 Å². The lowest BCUT2D eigenvalue weighted by Gasteiger charge is -1.95. The van der Waals surface area contributed by atoms with Gasteiger partial charge in [-0.25, -0.2) is 0 Å². The van der Waals surface area contributed by atoms with Gasteiger partial charge in [-0.05, 0) is 6.07 Å². The van der Waals surface area contributed by atoms with Crippen LogP contribution in [-0.2, 0) is 7.05 Å². The van der Waals surface area contributed by atoms with Crippen molar-refractivity contribution in [3.05, 3.63) is 24.7 Å². The quantitative estimate of drug-likeness (QED) is 0.611. The smallest absolute Gasteiger partial charge is 0.143 e. The van der Waals surface area contributed by atoms with Gasteiger partial charge in [-0.2, -0.15) is 0 Å². The number of hydrogen-bond acceptors (Lipinski definition) is 2. The lowest BCUT2D eigenvalue weighted by Crippen LogP contribution is -1.83. The van der Waals surface area contributed by atoms with E-state index in [9.17, 15) is 5.11 Å². The van der Waals surface area contributed by atoms with E-state index in [0.29, 0.717) is 0 Å². The highest BCUT2D eigenvalue weighted by Crippen LogP contribution is 2.22. The first-order valence-electron chi connectivity index (χ1n) is 3.37. The number of aryl methyl sites for hydroxylation is 1. The van der Waals surface area contributed by atoms with Crippen molar-refractivity contribution >= 4 is 10.9 Å². The lowest BCUT2D eigenvalue weighted by molar-refractivity contribution is 0.479. The molecule has 11 heavy (non-hydrogen) atoms. The molecule has 2 aromatic heterocycles. The van der Waals surface area contributed by atoms with Gasteiger partial charge in [0.2, 0.25) is 0 Å². The van der Waals surface area contributed by atoms with Gasteiger partial charge < -0.3 is 9.67 Å². The monoisotopic (exact) mass is 148 g/mol. The second kappa shape index (κ2) is 1.99. The van der Waals surface area contributed by atoms with Gasteiger partial charge in [0.15, 0.2) is 0 Å². The van der Waals surface area contributed by atoms with E-state index in [4.69, 9.17) is 0 Å². The predicted octanol–water partition coefficient (Wildman–Crippen LogP) is 1.28. The summed E-state index contributed by atoms with van der Waals surface area (Å²) >= 11 is 0. The third-order valence-corrected chi connectivity index (χ3v) is 1.79. The SMILES string of the molecule is Cn1ccc2c(O)cncc21. The van der Waals surface area contributed by atoms with Crippen LogP contribution in [0.25, 0.3) is 10.9 Å². The van der Waals surface area contributed by atoms with Crippen molar-refractivity contribution in [1.82, 2.24) is 9.55 Å². The first-order valence-corrected chi connectivity index (χ1v) is 3.37. The second-order valence-corrected chi connectivity index (χ2v) is 2.52. The fourth-order valence-electron chi connectivity index (χ4n) is 1.17. The van der Waals surface area contributed by atoms with E-state index in [1.165, 1.54) is 6.20 Å². The van der Waals surface area contributed by atoms with Crippen LogP contribution in [0.5, 0.6) is 5.75 Å². The predicted molar refractivity (Wildman–Crippen MR) is 42.4 cm³/mol. The van der Waals surface area contributed by atoms with Crippen LogP contribution in [-0.4, -0.2) is 14.7 Å². The summed E-state index contributed by atoms with van der Waals surface area (Å²) in [7, 11) is 1.92. The zero-order valence-corrected chi connectivity index (χ0v) is 6.15. The Labute approximate surface area is 63.9 Å². The first-order chi connectivity index (χ1) is 5.29.